The maximum atomic E-state index is 15.5. The quantitative estimate of drug-likeness (QED) is 0.177. The number of nitrogens with zero attached hydrogens (tertiary/aromatic N) is 6. The third-order valence-electron chi connectivity index (χ3n) is 6.24. The standard InChI is InChI=1S/C19H23F2N8O10P/c1-6-25-14-11(15(32)26-6)23-4-28(14)17-10(21)13(7(2-30)37-17)39-40(34,35)36-3-8-12(31)9(20)16(38-8)29-5-24-18(22)27-19(29)33/h4-5,7-10,12-13,16-17,30-31H,2-3H2,1H3,(H,34,35)(H2,22,27,33)(H,25,26,32)/t7-,8-,9?,10?,12+,13+,16-,17-/m1/s1. The first-order chi connectivity index (χ1) is 18.9. The van der Waals surface area contributed by atoms with Crippen LogP contribution in [0.15, 0.2) is 22.2 Å². The van der Waals surface area contributed by atoms with Crippen molar-refractivity contribution < 1.29 is 47.0 Å². The number of imidazole rings is 1. The first-order valence-corrected chi connectivity index (χ1v) is 13.1. The summed E-state index contributed by atoms with van der Waals surface area (Å²) in [5.74, 6) is -0.171. The predicted molar refractivity (Wildman–Crippen MR) is 125 cm³/mol. The first kappa shape index (κ1) is 28.3. The minimum absolute atomic E-state index is 0.0389. The SMILES string of the molecule is Cc1nc2c(ncn2[C@@H]2O[C@H](CO)[C@H](OP(=O)(O)OC[C@H]3O[C@@H](n4cnc(N)nc4=O)C(F)[C@H]3O)C2F)c(=O)[nH]1. The van der Waals surface area contributed by atoms with Gasteiger partial charge in [-0.15, -0.1) is 0 Å². The molecule has 0 radical (unpaired) electrons. The van der Waals surface area contributed by atoms with E-state index in [4.69, 9.17) is 24.3 Å². The highest BCUT2D eigenvalue weighted by atomic mass is 31.2. The molecule has 3 aromatic rings. The molecule has 2 aliphatic heterocycles. The van der Waals surface area contributed by atoms with Crippen molar-refractivity contribution in [3.63, 3.8) is 0 Å². The number of phosphoric acid groups is 1. The summed E-state index contributed by atoms with van der Waals surface area (Å²) < 4.78 is 65.0. The Morgan fingerprint density at radius 2 is 1.80 bits per heavy atom. The van der Waals surface area contributed by atoms with Crippen molar-refractivity contribution in [3.05, 3.63) is 39.3 Å². The molecule has 0 amide bonds. The number of nitrogens with one attached hydrogen (secondary N) is 1. The van der Waals surface area contributed by atoms with Crippen LogP contribution in [0.1, 0.15) is 18.3 Å². The van der Waals surface area contributed by atoms with Crippen molar-refractivity contribution >= 4 is 24.9 Å². The zero-order valence-electron chi connectivity index (χ0n) is 20.4. The van der Waals surface area contributed by atoms with Crippen LogP contribution in [0.5, 0.6) is 0 Å². The number of halogens is 2. The molecule has 18 nitrogen and oxygen atoms in total. The number of H-pyrrole nitrogens is 1. The molecule has 3 unspecified atom stereocenters. The number of hydrogen-bond acceptors (Lipinski definition) is 14. The van der Waals surface area contributed by atoms with E-state index >= 15 is 4.39 Å². The molecule has 0 bridgehead atoms. The Bertz CT molecular complexity index is 1570. The van der Waals surface area contributed by atoms with Gasteiger partial charge < -0.3 is 35.3 Å². The molecule has 5 heterocycles. The van der Waals surface area contributed by atoms with E-state index in [0.29, 0.717) is 4.57 Å². The van der Waals surface area contributed by atoms with Crippen LogP contribution in [-0.2, 0) is 23.1 Å². The minimum Gasteiger partial charge on any atom is -0.394 e. The van der Waals surface area contributed by atoms with Crippen LogP contribution in [-0.4, -0.2) is 99.1 Å². The number of ether oxygens (including phenoxy) is 2. The molecule has 5 rings (SSSR count). The molecule has 9 atom stereocenters. The number of rotatable bonds is 8. The van der Waals surface area contributed by atoms with Crippen LogP contribution in [0.4, 0.5) is 14.7 Å². The van der Waals surface area contributed by atoms with Crippen molar-refractivity contribution in [1.82, 2.24) is 34.1 Å². The lowest BCUT2D eigenvalue weighted by molar-refractivity contribution is -0.0582. The van der Waals surface area contributed by atoms with Gasteiger partial charge in [-0.3, -0.25) is 23.0 Å². The Hall–Kier alpha value is -3.23. The van der Waals surface area contributed by atoms with Crippen LogP contribution in [0.3, 0.4) is 0 Å². The minimum atomic E-state index is -5.15. The highest BCUT2D eigenvalue weighted by Gasteiger charge is 2.51. The fraction of sp³-hybridized carbons (Fsp3) is 0.579. The van der Waals surface area contributed by atoms with E-state index in [2.05, 4.69) is 24.9 Å². The lowest BCUT2D eigenvalue weighted by Crippen LogP contribution is -2.35. The van der Waals surface area contributed by atoms with Gasteiger partial charge in [0, 0.05) is 0 Å². The summed E-state index contributed by atoms with van der Waals surface area (Å²) in [5, 5.41) is 19.9. The van der Waals surface area contributed by atoms with E-state index in [0.717, 1.165) is 17.2 Å². The largest absolute Gasteiger partial charge is 0.472 e. The normalized spacial score (nSPS) is 32.0. The van der Waals surface area contributed by atoms with Gasteiger partial charge in [0.15, 0.2) is 36.0 Å². The monoisotopic (exact) mass is 592 g/mol. The molecule has 40 heavy (non-hydrogen) atoms. The predicted octanol–water partition coefficient (Wildman–Crippen LogP) is -2.01. The number of aromatic amines is 1. The zero-order valence-corrected chi connectivity index (χ0v) is 21.2. The Labute approximate surface area is 221 Å². The van der Waals surface area contributed by atoms with Crippen LogP contribution in [0.25, 0.3) is 11.2 Å². The molecule has 2 saturated heterocycles. The van der Waals surface area contributed by atoms with Gasteiger partial charge in [-0.2, -0.15) is 4.98 Å². The number of nitrogens with two attached hydrogens (primary N) is 1. The lowest BCUT2D eigenvalue weighted by atomic mass is 10.1. The highest BCUT2D eigenvalue weighted by molar-refractivity contribution is 7.47. The summed E-state index contributed by atoms with van der Waals surface area (Å²) in [7, 11) is -5.15. The van der Waals surface area contributed by atoms with Crippen LogP contribution in [0.2, 0.25) is 0 Å². The van der Waals surface area contributed by atoms with Crippen LogP contribution >= 0.6 is 7.82 Å². The summed E-state index contributed by atoms with van der Waals surface area (Å²) in [4.78, 5) is 51.7. The molecule has 3 aromatic heterocycles. The van der Waals surface area contributed by atoms with Gasteiger partial charge in [-0.1, -0.05) is 0 Å². The highest BCUT2D eigenvalue weighted by Crippen LogP contribution is 2.50. The number of fused-ring (bicyclic) bond motifs is 1. The Kier molecular flexibility index (Phi) is 7.52. The van der Waals surface area contributed by atoms with Gasteiger partial charge >= 0.3 is 13.5 Å². The molecule has 21 heteroatoms. The van der Waals surface area contributed by atoms with Crippen molar-refractivity contribution in [2.24, 2.45) is 0 Å². The number of anilines is 1. The van der Waals surface area contributed by atoms with E-state index in [1.807, 2.05) is 0 Å². The third kappa shape index (κ3) is 5.15. The van der Waals surface area contributed by atoms with Gasteiger partial charge in [-0.05, 0) is 6.92 Å². The van der Waals surface area contributed by atoms with Gasteiger partial charge in [0.1, 0.15) is 36.6 Å². The first-order valence-electron chi connectivity index (χ1n) is 11.6. The van der Waals surface area contributed by atoms with Crippen molar-refractivity contribution in [2.45, 2.75) is 56.1 Å². The molecule has 0 aromatic carbocycles. The third-order valence-corrected chi connectivity index (χ3v) is 7.23. The Balaban J connectivity index is 1.28. The number of aliphatic hydroxyl groups excluding tert-OH is 2. The van der Waals surface area contributed by atoms with E-state index in [-0.39, 0.29) is 22.9 Å². The molecule has 0 saturated carbocycles. The second-order valence-electron chi connectivity index (χ2n) is 8.91. The van der Waals surface area contributed by atoms with Gasteiger partial charge in [-0.25, -0.2) is 33.1 Å². The van der Waals surface area contributed by atoms with Crippen molar-refractivity contribution in [3.8, 4) is 0 Å². The molecular weight excluding hydrogens is 569 g/mol. The number of alkyl halides is 2. The number of aliphatic hydroxyl groups is 2. The van der Waals surface area contributed by atoms with Crippen LogP contribution in [0, 0.1) is 6.92 Å². The Morgan fingerprint density at radius 3 is 2.50 bits per heavy atom. The van der Waals surface area contributed by atoms with E-state index < -0.39 is 81.5 Å². The number of aromatic nitrogens is 7. The summed E-state index contributed by atoms with van der Waals surface area (Å²) in [6.07, 6.45) is -12.5. The molecule has 0 spiro atoms. The maximum absolute atomic E-state index is 15.5. The summed E-state index contributed by atoms with van der Waals surface area (Å²) >= 11 is 0. The average molecular weight is 592 g/mol. The summed E-state index contributed by atoms with van der Waals surface area (Å²) in [6, 6.07) is 0. The van der Waals surface area contributed by atoms with Gasteiger partial charge in [0.2, 0.25) is 5.95 Å². The smallest absolute Gasteiger partial charge is 0.394 e. The molecule has 0 aliphatic carbocycles. The molecule has 6 N–H and O–H groups in total. The van der Waals surface area contributed by atoms with E-state index in [1.54, 1.807) is 0 Å². The molecule has 218 valence electrons. The van der Waals surface area contributed by atoms with Crippen LogP contribution < -0.4 is 17.0 Å². The molecule has 2 aliphatic rings. The fourth-order valence-electron chi connectivity index (χ4n) is 4.36. The topological polar surface area (TPSA) is 252 Å². The van der Waals surface area contributed by atoms with E-state index in [1.165, 1.54) is 6.92 Å². The lowest BCUT2D eigenvalue weighted by Gasteiger charge is -2.22. The maximum Gasteiger partial charge on any atom is 0.472 e. The van der Waals surface area contributed by atoms with Gasteiger partial charge in [0.25, 0.3) is 5.56 Å². The fourth-order valence-corrected chi connectivity index (χ4v) is 5.32. The van der Waals surface area contributed by atoms with Gasteiger partial charge in [0.05, 0.1) is 19.5 Å². The zero-order chi connectivity index (χ0) is 28.9. The number of phosphoric ester groups is 1. The molecular formula is C19H23F2N8O10P. The average Bonchev–Trinajstić information content (AvgIpc) is 3.53. The second-order valence-corrected chi connectivity index (χ2v) is 10.3. The number of aryl methyl sites for hydroxylation is 1. The number of hydrogen-bond donors (Lipinski definition) is 5. The van der Waals surface area contributed by atoms with E-state index in [9.17, 15) is 33.7 Å². The van der Waals surface area contributed by atoms with Crippen molar-refractivity contribution in [2.75, 3.05) is 18.9 Å². The molecule has 2 fully saturated rings. The summed E-state index contributed by atoms with van der Waals surface area (Å²) in [6.45, 7) is -0.274. The number of nitrogen functional groups attached to an aromatic ring is 1. The second kappa shape index (κ2) is 10.6. The summed E-state index contributed by atoms with van der Waals surface area (Å²) in [5.41, 5.74) is 3.53. The van der Waals surface area contributed by atoms with Crippen molar-refractivity contribution in [1.29, 1.82) is 0 Å². The Morgan fingerprint density at radius 1 is 1.12 bits per heavy atom.